The van der Waals surface area contributed by atoms with Gasteiger partial charge in [-0.2, -0.15) is 0 Å². The maximum atomic E-state index is 11.6. The molecule has 0 saturated heterocycles. The molecule has 0 radical (unpaired) electrons. The van der Waals surface area contributed by atoms with Crippen molar-refractivity contribution < 1.29 is 4.74 Å². The number of hydrogen-bond acceptors (Lipinski definition) is 4. The summed E-state index contributed by atoms with van der Waals surface area (Å²) in [6.07, 6.45) is 0.969. The van der Waals surface area contributed by atoms with E-state index < -0.39 is 0 Å². The monoisotopic (exact) mass is 259 g/mol. The van der Waals surface area contributed by atoms with Crippen LogP contribution in [-0.4, -0.2) is 23.6 Å². The van der Waals surface area contributed by atoms with Crippen molar-refractivity contribution in [2.75, 3.05) is 19.0 Å². The molecule has 2 aromatic rings. The number of rotatable bonds is 5. The fraction of sp³-hybridized carbons (Fsp3) is 0.286. The minimum atomic E-state index is -0.167. The lowest BCUT2D eigenvalue weighted by atomic mass is 10.1. The Morgan fingerprint density at radius 2 is 2.05 bits per heavy atom. The molecule has 1 aromatic carbocycles. The minimum Gasteiger partial charge on any atom is -0.497 e. The molecule has 0 atom stereocenters. The second kappa shape index (κ2) is 6.04. The van der Waals surface area contributed by atoms with Crippen LogP contribution >= 0.6 is 0 Å². The Morgan fingerprint density at radius 3 is 2.68 bits per heavy atom. The van der Waals surface area contributed by atoms with Gasteiger partial charge in [0.1, 0.15) is 5.75 Å². The molecule has 0 spiro atoms. The Kier molecular flexibility index (Phi) is 4.18. The number of benzene rings is 1. The fourth-order valence-electron chi connectivity index (χ4n) is 1.69. The highest BCUT2D eigenvalue weighted by atomic mass is 16.5. The van der Waals surface area contributed by atoms with E-state index in [0.717, 1.165) is 24.3 Å². The first-order chi connectivity index (χ1) is 9.22. The second-order valence-electron chi connectivity index (χ2n) is 4.13. The Morgan fingerprint density at radius 1 is 1.32 bits per heavy atom. The molecule has 2 N–H and O–H groups in total. The summed E-state index contributed by atoms with van der Waals surface area (Å²) in [5.74, 6) is 1.28. The molecule has 5 heteroatoms. The van der Waals surface area contributed by atoms with Crippen molar-refractivity contribution in [1.29, 1.82) is 0 Å². The van der Waals surface area contributed by atoms with E-state index in [0.29, 0.717) is 11.6 Å². The smallest absolute Gasteiger partial charge is 0.252 e. The van der Waals surface area contributed by atoms with Gasteiger partial charge in [-0.25, -0.2) is 4.98 Å². The summed E-state index contributed by atoms with van der Waals surface area (Å²) in [6.45, 7) is 2.83. The van der Waals surface area contributed by atoms with Crippen molar-refractivity contribution in [2.24, 2.45) is 0 Å². The van der Waals surface area contributed by atoms with Crippen molar-refractivity contribution in [3.8, 4) is 17.0 Å². The number of hydrogen-bond donors (Lipinski definition) is 2. The van der Waals surface area contributed by atoms with E-state index in [9.17, 15) is 4.79 Å². The average Bonchev–Trinajstić information content (AvgIpc) is 2.44. The summed E-state index contributed by atoms with van der Waals surface area (Å²) in [5, 5.41) is 3.08. The summed E-state index contributed by atoms with van der Waals surface area (Å²) in [4.78, 5) is 18.7. The van der Waals surface area contributed by atoms with Gasteiger partial charge in [0.05, 0.1) is 12.8 Å². The van der Waals surface area contributed by atoms with Gasteiger partial charge in [0, 0.05) is 18.2 Å². The number of ether oxygens (including phenoxy) is 1. The number of nitrogens with zero attached hydrogens (tertiary/aromatic N) is 1. The Hall–Kier alpha value is -2.30. The number of H-pyrrole nitrogens is 1. The fourth-order valence-corrected chi connectivity index (χ4v) is 1.69. The molecule has 2 rings (SSSR count). The van der Waals surface area contributed by atoms with E-state index in [4.69, 9.17) is 4.74 Å². The van der Waals surface area contributed by atoms with Crippen molar-refractivity contribution in [3.63, 3.8) is 0 Å². The van der Waals surface area contributed by atoms with Gasteiger partial charge >= 0.3 is 0 Å². The first-order valence-corrected chi connectivity index (χ1v) is 6.22. The third kappa shape index (κ3) is 3.34. The van der Waals surface area contributed by atoms with E-state index in [1.165, 1.54) is 6.07 Å². The van der Waals surface area contributed by atoms with Crippen LogP contribution in [-0.2, 0) is 0 Å². The summed E-state index contributed by atoms with van der Waals surface area (Å²) in [5.41, 5.74) is 1.36. The number of aromatic amines is 1. The first kappa shape index (κ1) is 13.1. The molecule has 0 saturated carbocycles. The standard InChI is InChI=1S/C14H17N3O2/c1-3-8-15-14-16-12(9-13(18)17-14)10-4-6-11(19-2)7-5-10/h4-7,9H,3,8H2,1-2H3,(H2,15,16,17,18). The molecule has 0 aliphatic carbocycles. The number of aromatic nitrogens is 2. The van der Waals surface area contributed by atoms with Crippen LogP contribution in [0.5, 0.6) is 5.75 Å². The van der Waals surface area contributed by atoms with Gasteiger partial charge in [0.15, 0.2) is 0 Å². The molecule has 0 fully saturated rings. The summed E-state index contributed by atoms with van der Waals surface area (Å²) in [7, 11) is 1.62. The number of anilines is 1. The Bertz CT molecular complexity index is 590. The van der Waals surface area contributed by atoms with E-state index in [1.54, 1.807) is 7.11 Å². The van der Waals surface area contributed by atoms with Crippen molar-refractivity contribution in [1.82, 2.24) is 9.97 Å². The predicted octanol–water partition coefficient (Wildman–Crippen LogP) is 2.27. The predicted molar refractivity (Wildman–Crippen MR) is 75.6 cm³/mol. The van der Waals surface area contributed by atoms with E-state index in [1.807, 2.05) is 24.3 Å². The molecule has 0 aliphatic heterocycles. The van der Waals surface area contributed by atoms with Crippen LogP contribution in [0.3, 0.4) is 0 Å². The van der Waals surface area contributed by atoms with E-state index in [-0.39, 0.29) is 5.56 Å². The Balaban J connectivity index is 2.32. The van der Waals surface area contributed by atoms with E-state index >= 15 is 0 Å². The van der Waals surface area contributed by atoms with Gasteiger partial charge in [-0.1, -0.05) is 6.92 Å². The van der Waals surface area contributed by atoms with Gasteiger partial charge in [-0.15, -0.1) is 0 Å². The molecule has 0 unspecified atom stereocenters. The number of methoxy groups -OCH3 is 1. The van der Waals surface area contributed by atoms with Gasteiger partial charge in [-0.05, 0) is 30.7 Å². The highest BCUT2D eigenvalue weighted by Crippen LogP contribution is 2.20. The minimum absolute atomic E-state index is 0.167. The van der Waals surface area contributed by atoms with Crippen LogP contribution in [0.2, 0.25) is 0 Å². The van der Waals surface area contributed by atoms with Crippen LogP contribution in [0.25, 0.3) is 11.3 Å². The van der Waals surface area contributed by atoms with Gasteiger partial charge < -0.3 is 10.1 Å². The SMILES string of the molecule is CCCNc1nc(-c2ccc(OC)cc2)cc(=O)[nH]1. The Labute approximate surface area is 111 Å². The van der Waals surface area contributed by atoms with Crippen LogP contribution in [0.15, 0.2) is 35.1 Å². The second-order valence-corrected chi connectivity index (χ2v) is 4.13. The highest BCUT2D eigenvalue weighted by molar-refractivity contribution is 5.60. The van der Waals surface area contributed by atoms with Gasteiger partial charge in [0.2, 0.25) is 5.95 Å². The molecular weight excluding hydrogens is 242 g/mol. The third-order valence-electron chi connectivity index (χ3n) is 2.67. The molecule has 100 valence electrons. The number of nitrogens with one attached hydrogen (secondary N) is 2. The van der Waals surface area contributed by atoms with Crippen molar-refractivity contribution in [2.45, 2.75) is 13.3 Å². The zero-order valence-corrected chi connectivity index (χ0v) is 11.1. The quantitative estimate of drug-likeness (QED) is 0.864. The topological polar surface area (TPSA) is 67.0 Å². The highest BCUT2D eigenvalue weighted by Gasteiger charge is 2.04. The molecular formula is C14H17N3O2. The summed E-state index contributed by atoms with van der Waals surface area (Å²) in [6, 6.07) is 8.93. The van der Waals surface area contributed by atoms with E-state index in [2.05, 4.69) is 22.2 Å². The molecule has 5 nitrogen and oxygen atoms in total. The molecule has 0 amide bonds. The molecule has 0 bridgehead atoms. The van der Waals surface area contributed by atoms with Crippen molar-refractivity contribution >= 4 is 5.95 Å². The summed E-state index contributed by atoms with van der Waals surface area (Å²) >= 11 is 0. The lowest BCUT2D eigenvalue weighted by Gasteiger charge is -2.06. The maximum Gasteiger partial charge on any atom is 0.252 e. The van der Waals surface area contributed by atoms with Crippen LogP contribution < -0.4 is 15.6 Å². The van der Waals surface area contributed by atoms with Gasteiger partial charge in [-0.3, -0.25) is 9.78 Å². The van der Waals surface area contributed by atoms with Crippen LogP contribution in [0.1, 0.15) is 13.3 Å². The zero-order valence-electron chi connectivity index (χ0n) is 11.1. The third-order valence-corrected chi connectivity index (χ3v) is 2.67. The average molecular weight is 259 g/mol. The normalized spacial score (nSPS) is 10.2. The lowest BCUT2D eigenvalue weighted by Crippen LogP contribution is -2.13. The van der Waals surface area contributed by atoms with Crippen LogP contribution in [0, 0.1) is 0 Å². The largest absolute Gasteiger partial charge is 0.497 e. The molecule has 1 heterocycles. The maximum absolute atomic E-state index is 11.6. The first-order valence-electron chi connectivity index (χ1n) is 6.22. The molecule has 19 heavy (non-hydrogen) atoms. The van der Waals surface area contributed by atoms with Crippen molar-refractivity contribution in [3.05, 3.63) is 40.7 Å². The summed E-state index contributed by atoms with van der Waals surface area (Å²) < 4.78 is 5.10. The zero-order chi connectivity index (χ0) is 13.7. The molecule has 0 aliphatic rings. The molecule has 1 aromatic heterocycles. The lowest BCUT2D eigenvalue weighted by molar-refractivity contribution is 0.415. The van der Waals surface area contributed by atoms with Gasteiger partial charge in [0.25, 0.3) is 5.56 Å². The van der Waals surface area contributed by atoms with Crippen LogP contribution in [0.4, 0.5) is 5.95 Å².